The number of carbonyl (C=O) groups is 2. The number of hydrogen-bond donors (Lipinski definition) is 3. The maximum atomic E-state index is 15.0. The lowest BCUT2D eigenvalue weighted by Crippen LogP contribution is -2.44. The lowest BCUT2D eigenvalue weighted by Gasteiger charge is -2.33. The Kier molecular flexibility index (Phi) is 10.8. The molecule has 1 unspecified atom stereocenters. The molecule has 62 heavy (non-hydrogen) atoms. The van der Waals surface area contributed by atoms with Crippen LogP contribution in [0, 0.1) is 11.8 Å². The Balaban J connectivity index is 0.935. The summed E-state index contributed by atoms with van der Waals surface area (Å²) in [6.07, 6.45) is 5.63. The summed E-state index contributed by atoms with van der Waals surface area (Å²) in [6.45, 7) is 6.41. The van der Waals surface area contributed by atoms with Crippen molar-refractivity contribution in [1.82, 2.24) is 38.6 Å². The molecule has 324 valence electrons. The Labute approximate surface area is 358 Å². The zero-order valence-corrected chi connectivity index (χ0v) is 35.7. The molecule has 2 saturated heterocycles. The van der Waals surface area contributed by atoms with Crippen LogP contribution in [0.15, 0.2) is 47.0 Å². The predicted molar refractivity (Wildman–Crippen MR) is 236 cm³/mol. The molecule has 1 atom stereocenters. The molecule has 9 rings (SSSR count). The van der Waals surface area contributed by atoms with Crippen molar-refractivity contribution in [3.63, 3.8) is 0 Å². The highest BCUT2D eigenvalue weighted by Gasteiger charge is 2.35. The van der Waals surface area contributed by atoms with Gasteiger partial charge in [-0.15, -0.1) is 0 Å². The fourth-order valence-corrected chi connectivity index (χ4v) is 9.88. The molecule has 0 spiro atoms. The first-order valence-corrected chi connectivity index (χ1v) is 21.4. The second kappa shape index (κ2) is 16.3. The monoisotopic (exact) mass is 845 g/mol. The van der Waals surface area contributed by atoms with E-state index in [0.717, 1.165) is 80.9 Å². The summed E-state index contributed by atoms with van der Waals surface area (Å²) in [5, 5.41) is 7.72. The fraction of sp³-hybridized carbons (Fsp3) is 0.435. The minimum Gasteiger partial charge on any atom is -0.402 e. The highest BCUT2D eigenvalue weighted by molar-refractivity contribution is 6.00. The standard InChI is InChI=1S/C46H53F2N11O3/c1-27(49)21-40-42(50)33(26-54(40)3)31-23-29-8-6-17-57(38(29)24-32(31)43(47)48)44-34-25-53(2)18-15-35(34)59(52-44)30-13-19-56(20-14-30)16-5-7-28-9-10-36-39(22-28)55(4)46(62)58(36)37-11-12-41(60)51-45(37)61/h9-10,21-24,26,30,37,43H,6,8,11-20,25,49-50H2,1-4H3,(H,51,60,61)/b27-21-. The number of benzene rings is 2. The number of aryl methyl sites for hydroxylation is 3. The predicted octanol–water partition coefficient (Wildman–Crippen LogP) is 5.12. The van der Waals surface area contributed by atoms with E-state index in [2.05, 4.69) is 43.6 Å². The number of allylic oxidation sites excluding steroid dienone is 1. The molecule has 7 heterocycles. The molecular weight excluding hydrogens is 793 g/mol. The van der Waals surface area contributed by atoms with Gasteiger partial charge in [0.25, 0.3) is 6.43 Å². The van der Waals surface area contributed by atoms with Crippen LogP contribution in [0.1, 0.15) is 91.2 Å². The van der Waals surface area contributed by atoms with Crippen molar-refractivity contribution < 1.29 is 18.4 Å². The van der Waals surface area contributed by atoms with Crippen LogP contribution in [0.5, 0.6) is 0 Å². The van der Waals surface area contributed by atoms with Gasteiger partial charge in [0, 0.05) is 105 Å². The van der Waals surface area contributed by atoms with E-state index in [9.17, 15) is 14.4 Å². The summed E-state index contributed by atoms with van der Waals surface area (Å²) in [4.78, 5) is 44.3. The summed E-state index contributed by atoms with van der Waals surface area (Å²) in [5.41, 5.74) is 21.2. The van der Waals surface area contributed by atoms with Crippen LogP contribution in [0.25, 0.3) is 28.2 Å². The number of fused-ring (bicyclic) bond motifs is 3. The second-order valence-electron chi connectivity index (χ2n) is 17.3. The molecule has 5 N–H and O–H groups in total. The van der Waals surface area contributed by atoms with E-state index in [0.29, 0.717) is 52.3 Å². The summed E-state index contributed by atoms with van der Waals surface area (Å²) >= 11 is 0. The maximum absolute atomic E-state index is 15.0. The van der Waals surface area contributed by atoms with Gasteiger partial charge in [-0.25, -0.2) is 13.6 Å². The van der Waals surface area contributed by atoms with E-state index < -0.39 is 18.4 Å². The molecule has 0 aliphatic carbocycles. The molecule has 3 aromatic heterocycles. The van der Waals surface area contributed by atoms with Gasteiger partial charge < -0.3 is 25.8 Å². The summed E-state index contributed by atoms with van der Waals surface area (Å²) < 4.78 is 37.1. The maximum Gasteiger partial charge on any atom is 0.329 e. The van der Waals surface area contributed by atoms with E-state index in [-0.39, 0.29) is 36.0 Å². The highest BCUT2D eigenvalue weighted by atomic mass is 19.3. The van der Waals surface area contributed by atoms with Crippen LogP contribution < -0.4 is 27.4 Å². The molecule has 16 heteroatoms. The van der Waals surface area contributed by atoms with Crippen molar-refractivity contribution >= 4 is 46.1 Å². The van der Waals surface area contributed by atoms with E-state index in [1.54, 1.807) is 26.1 Å². The van der Waals surface area contributed by atoms with Crippen LogP contribution >= 0.6 is 0 Å². The molecule has 2 fully saturated rings. The van der Waals surface area contributed by atoms with E-state index in [4.69, 9.17) is 16.6 Å². The van der Waals surface area contributed by atoms with Crippen LogP contribution in [0.3, 0.4) is 0 Å². The third-order valence-corrected chi connectivity index (χ3v) is 13.1. The average Bonchev–Trinajstić information content (AvgIpc) is 3.84. The number of hydrogen-bond acceptors (Lipinski definition) is 9. The van der Waals surface area contributed by atoms with Gasteiger partial charge in [-0.1, -0.05) is 11.8 Å². The Hall–Kier alpha value is -6.18. The zero-order chi connectivity index (χ0) is 43.6. The van der Waals surface area contributed by atoms with E-state index in [1.807, 2.05) is 42.1 Å². The number of imide groups is 1. The van der Waals surface area contributed by atoms with Gasteiger partial charge in [0.2, 0.25) is 11.8 Å². The number of piperidine rings is 2. The minimum atomic E-state index is -2.71. The van der Waals surface area contributed by atoms with Gasteiger partial charge in [0.1, 0.15) is 6.04 Å². The normalized spacial score (nSPS) is 19.2. The van der Waals surface area contributed by atoms with Gasteiger partial charge in [0.15, 0.2) is 5.82 Å². The number of halogens is 2. The number of rotatable bonds is 7. The fourth-order valence-electron chi connectivity index (χ4n) is 9.88. The summed E-state index contributed by atoms with van der Waals surface area (Å²) in [7, 11) is 5.64. The number of anilines is 3. The largest absolute Gasteiger partial charge is 0.402 e. The number of likely N-dealkylation sites (tertiary alicyclic amines) is 1. The molecule has 4 aliphatic rings. The number of nitrogens with two attached hydrogens (primary N) is 2. The van der Waals surface area contributed by atoms with Gasteiger partial charge in [-0.05, 0) is 93.6 Å². The van der Waals surface area contributed by atoms with Crippen molar-refractivity contribution in [2.45, 2.75) is 76.9 Å². The van der Waals surface area contributed by atoms with Crippen molar-refractivity contribution in [1.29, 1.82) is 0 Å². The van der Waals surface area contributed by atoms with Crippen molar-refractivity contribution in [3.05, 3.63) is 86.4 Å². The number of carbonyl (C=O) groups excluding carboxylic acids is 2. The van der Waals surface area contributed by atoms with Crippen LogP contribution in [0.4, 0.5) is 26.0 Å². The number of likely N-dealkylation sites (N-methyl/N-ethyl adjacent to an activating group) is 1. The molecule has 0 bridgehead atoms. The Bertz CT molecular complexity index is 2770. The number of aromatic nitrogens is 5. The topological polar surface area (TPSA) is 158 Å². The molecule has 0 saturated carbocycles. The molecule has 0 radical (unpaired) electrons. The van der Waals surface area contributed by atoms with Crippen molar-refractivity contribution in [2.75, 3.05) is 50.4 Å². The van der Waals surface area contributed by atoms with Crippen molar-refractivity contribution in [3.8, 4) is 23.0 Å². The van der Waals surface area contributed by atoms with E-state index >= 15 is 8.78 Å². The number of nitrogen functional groups attached to an aromatic ring is 1. The average molecular weight is 846 g/mol. The number of nitrogens with zero attached hydrogens (tertiary/aromatic N) is 8. The molecule has 14 nitrogen and oxygen atoms in total. The van der Waals surface area contributed by atoms with Crippen molar-refractivity contribution in [2.24, 2.45) is 19.8 Å². The lowest BCUT2D eigenvalue weighted by atomic mass is 9.92. The van der Waals surface area contributed by atoms with Crippen LogP contribution in [0.2, 0.25) is 0 Å². The second-order valence-corrected chi connectivity index (χ2v) is 17.3. The lowest BCUT2D eigenvalue weighted by molar-refractivity contribution is -0.135. The smallest absolute Gasteiger partial charge is 0.329 e. The van der Waals surface area contributed by atoms with Crippen LogP contribution in [-0.2, 0) is 43.1 Å². The first-order valence-electron chi connectivity index (χ1n) is 21.4. The molecule has 5 aromatic rings. The quantitative estimate of drug-likeness (QED) is 0.150. The third kappa shape index (κ3) is 7.36. The molecule has 4 aliphatic heterocycles. The molecule has 2 amide bonds. The minimum absolute atomic E-state index is 0.0520. The third-order valence-electron chi connectivity index (χ3n) is 13.1. The Morgan fingerprint density at radius 1 is 0.984 bits per heavy atom. The Morgan fingerprint density at radius 2 is 1.77 bits per heavy atom. The first-order chi connectivity index (χ1) is 29.8. The zero-order valence-electron chi connectivity index (χ0n) is 35.7. The number of nitrogens with one attached hydrogen (secondary N) is 1. The summed E-state index contributed by atoms with van der Waals surface area (Å²) in [5.74, 6) is 6.69. The van der Waals surface area contributed by atoms with E-state index in [1.165, 1.54) is 20.4 Å². The molecule has 2 aromatic carbocycles. The Morgan fingerprint density at radius 3 is 2.52 bits per heavy atom. The SMILES string of the molecule is C/C(N)=C/c1c(N)c(-c2cc3c(cc2C(F)F)N(c2nn(C4CCN(CC#Cc5ccc6c(c5)n(C)c(=O)n6C5CCC(=O)NC5=O)CC4)c4c2CN(C)CC4)CCC3)cn1C. The highest BCUT2D eigenvalue weighted by Crippen LogP contribution is 2.45. The summed E-state index contributed by atoms with van der Waals surface area (Å²) in [6, 6.07) is 8.60. The van der Waals surface area contributed by atoms with Crippen LogP contribution in [-0.4, -0.2) is 84.9 Å². The number of imidazole rings is 1. The van der Waals surface area contributed by atoms with Gasteiger partial charge in [0.05, 0.1) is 35.0 Å². The van der Waals surface area contributed by atoms with Gasteiger partial charge in [-0.2, -0.15) is 5.10 Å². The molecular formula is C46H53F2N11O3. The van der Waals surface area contributed by atoms with Gasteiger partial charge in [-0.3, -0.25) is 33.6 Å². The number of alkyl halides is 2. The number of amides is 2. The first kappa shape index (κ1) is 41.2. The van der Waals surface area contributed by atoms with Gasteiger partial charge >= 0.3 is 5.69 Å².